The SMILES string of the molecule is CCCC(CNC(=O)c1ccccc1OC(F)F)C(=O)O. The number of halogens is 2. The van der Waals surface area contributed by atoms with Crippen molar-refractivity contribution < 1.29 is 28.2 Å². The molecular formula is C14H17F2NO4. The highest BCUT2D eigenvalue weighted by atomic mass is 19.3. The number of alkyl halides is 2. The lowest BCUT2D eigenvalue weighted by Gasteiger charge is -2.14. The van der Waals surface area contributed by atoms with Gasteiger partial charge in [0, 0.05) is 6.54 Å². The number of carboxylic acids is 1. The molecule has 0 aromatic heterocycles. The van der Waals surface area contributed by atoms with Gasteiger partial charge in [0.1, 0.15) is 5.75 Å². The first-order valence-electron chi connectivity index (χ1n) is 6.50. The van der Waals surface area contributed by atoms with Gasteiger partial charge in [0.15, 0.2) is 0 Å². The molecular weight excluding hydrogens is 284 g/mol. The second-order valence-electron chi connectivity index (χ2n) is 4.41. The fraction of sp³-hybridized carbons (Fsp3) is 0.429. The van der Waals surface area contributed by atoms with Gasteiger partial charge in [0.25, 0.3) is 5.91 Å². The fourth-order valence-corrected chi connectivity index (χ4v) is 1.83. The minimum absolute atomic E-state index is 0.0570. The first kappa shape index (κ1) is 16.9. The van der Waals surface area contributed by atoms with Crippen molar-refractivity contribution in [3.63, 3.8) is 0 Å². The second-order valence-corrected chi connectivity index (χ2v) is 4.41. The van der Waals surface area contributed by atoms with Crippen molar-refractivity contribution in [3.05, 3.63) is 29.8 Å². The largest absolute Gasteiger partial charge is 0.481 e. The van der Waals surface area contributed by atoms with Crippen LogP contribution in [0.1, 0.15) is 30.1 Å². The summed E-state index contributed by atoms with van der Waals surface area (Å²) < 4.78 is 28.8. The molecule has 1 aromatic carbocycles. The standard InChI is InChI=1S/C14H17F2NO4/c1-2-5-9(13(19)20)8-17-12(18)10-6-3-4-7-11(10)21-14(15)16/h3-4,6-7,9,14H,2,5,8H2,1H3,(H,17,18)(H,19,20). The lowest BCUT2D eigenvalue weighted by molar-refractivity contribution is -0.141. The molecule has 0 aliphatic rings. The highest BCUT2D eigenvalue weighted by Crippen LogP contribution is 2.20. The average Bonchev–Trinajstić information content (AvgIpc) is 2.42. The number of aliphatic carboxylic acids is 1. The van der Waals surface area contributed by atoms with Gasteiger partial charge in [-0.15, -0.1) is 0 Å². The van der Waals surface area contributed by atoms with Gasteiger partial charge in [0.2, 0.25) is 0 Å². The normalized spacial score (nSPS) is 12.0. The van der Waals surface area contributed by atoms with Crippen molar-refractivity contribution in [1.82, 2.24) is 5.32 Å². The quantitative estimate of drug-likeness (QED) is 0.773. The number of carbonyl (C=O) groups is 2. The van der Waals surface area contributed by atoms with E-state index in [1.165, 1.54) is 24.3 Å². The number of hydrogen-bond donors (Lipinski definition) is 2. The lowest BCUT2D eigenvalue weighted by Crippen LogP contribution is -2.33. The molecule has 1 atom stereocenters. The highest BCUT2D eigenvalue weighted by molar-refractivity contribution is 5.97. The summed E-state index contributed by atoms with van der Waals surface area (Å²) in [5.74, 6) is -2.60. The minimum Gasteiger partial charge on any atom is -0.481 e. The monoisotopic (exact) mass is 301 g/mol. The summed E-state index contributed by atoms with van der Waals surface area (Å²) in [4.78, 5) is 22.9. The summed E-state index contributed by atoms with van der Waals surface area (Å²) in [6, 6.07) is 5.56. The molecule has 0 bridgehead atoms. The van der Waals surface area contributed by atoms with Crippen LogP contribution in [-0.2, 0) is 4.79 Å². The molecule has 7 heteroatoms. The van der Waals surface area contributed by atoms with E-state index >= 15 is 0 Å². The Kier molecular flexibility index (Phi) is 6.58. The summed E-state index contributed by atoms with van der Waals surface area (Å²) >= 11 is 0. The van der Waals surface area contributed by atoms with E-state index in [0.29, 0.717) is 12.8 Å². The third kappa shape index (κ3) is 5.37. The number of hydrogen-bond acceptors (Lipinski definition) is 3. The van der Waals surface area contributed by atoms with Crippen LogP contribution in [0.15, 0.2) is 24.3 Å². The molecule has 1 unspecified atom stereocenters. The zero-order valence-corrected chi connectivity index (χ0v) is 11.5. The van der Waals surface area contributed by atoms with Crippen molar-refractivity contribution in [1.29, 1.82) is 0 Å². The topological polar surface area (TPSA) is 75.6 Å². The molecule has 0 aliphatic carbocycles. The van der Waals surface area contributed by atoms with Crippen molar-refractivity contribution in [3.8, 4) is 5.75 Å². The maximum atomic E-state index is 12.3. The number of ether oxygens (including phenoxy) is 1. The zero-order chi connectivity index (χ0) is 15.8. The molecule has 0 aliphatic heterocycles. The third-order valence-electron chi connectivity index (χ3n) is 2.84. The summed E-state index contributed by atoms with van der Waals surface area (Å²) in [5.41, 5.74) is -0.0570. The Morgan fingerprint density at radius 1 is 1.33 bits per heavy atom. The van der Waals surface area contributed by atoms with Gasteiger partial charge < -0.3 is 15.2 Å². The molecule has 0 saturated heterocycles. The smallest absolute Gasteiger partial charge is 0.387 e. The molecule has 0 radical (unpaired) electrons. The molecule has 21 heavy (non-hydrogen) atoms. The van der Waals surface area contributed by atoms with Gasteiger partial charge in [-0.2, -0.15) is 8.78 Å². The van der Waals surface area contributed by atoms with Gasteiger partial charge in [-0.3, -0.25) is 9.59 Å². The van der Waals surface area contributed by atoms with Crippen LogP contribution in [0.2, 0.25) is 0 Å². The Hall–Kier alpha value is -2.18. The predicted octanol–water partition coefficient (Wildman–Crippen LogP) is 2.52. The number of benzene rings is 1. The van der Waals surface area contributed by atoms with E-state index in [4.69, 9.17) is 5.11 Å². The van der Waals surface area contributed by atoms with Crippen LogP contribution in [0.25, 0.3) is 0 Å². The maximum Gasteiger partial charge on any atom is 0.387 e. The van der Waals surface area contributed by atoms with E-state index in [2.05, 4.69) is 10.1 Å². The van der Waals surface area contributed by atoms with E-state index in [1.54, 1.807) is 0 Å². The maximum absolute atomic E-state index is 12.3. The van der Waals surface area contributed by atoms with Gasteiger partial charge in [-0.05, 0) is 18.6 Å². The highest BCUT2D eigenvalue weighted by Gasteiger charge is 2.20. The summed E-state index contributed by atoms with van der Waals surface area (Å²) in [5, 5.41) is 11.4. The Balaban J connectivity index is 2.73. The molecule has 5 nitrogen and oxygen atoms in total. The number of rotatable bonds is 8. The molecule has 0 heterocycles. The van der Waals surface area contributed by atoms with E-state index in [0.717, 1.165) is 0 Å². The first-order chi connectivity index (χ1) is 9.95. The number of carboxylic acid groups (broad SMARTS) is 1. The number of para-hydroxylation sites is 1. The van der Waals surface area contributed by atoms with Crippen LogP contribution in [0, 0.1) is 5.92 Å². The molecule has 1 aromatic rings. The Morgan fingerprint density at radius 3 is 2.57 bits per heavy atom. The van der Waals surface area contributed by atoms with E-state index < -0.39 is 24.4 Å². The molecule has 0 spiro atoms. The van der Waals surface area contributed by atoms with Crippen molar-refractivity contribution in [2.45, 2.75) is 26.4 Å². The first-order valence-corrected chi connectivity index (χ1v) is 6.50. The van der Waals surface area contributed by atoms with E-state index in [-0.39, 0.29) is 17.9 Å². The van der Waals surface area contributed by atoms with Crippen LogP contribution in [0.4, 0.5) is 8.78 Å². The Bertz CT molecular complexity index is 494. The van der Waals surface area contributed by atoms with Gasteiger partial charge in [0.05, 0.1) is 11.5 Å². The van der Waals surface area contributed by atoms with Crippen LogP contribution >= 0.6 is 0 Å². The number of nitrogens with one attached hydrogen (secondary N) is 1. The molecule has 116 valence electrons. The Morgan fingerprint density at radius 2 is 2.00 bits per heavy atom. The van der Waals surface area contributed by atoms with Crippen LogP contribution in [0.3, 0.4) is 0 Å². The summed E-state index contributed by atoms with van der Waals surface area (Å²) in [6.07, 6.45) is 1.09. The van der Waals surface area contributed by atoms with Crippen LogP contribution in [-0.4, -0.2) is 30.1 Å². The average molecular weight is 301 g/mol. The predicted molar refractivity (Wildman–Crippen MR) is 71.4 cm³/mol. The summed E-state index contributed by atoms with van der Waals surface area (Å²) in [6.45, 7) is -1.26. The van der Waals surface area contributed by atoms with Gasteiger partial charge in [-0.25, -0.2) is 0 Å². The van der Waals surface area contributed by atoms with Crippen molar-refractivity contribution >= 4 is 11.9 Å². The molecule has 0 saturated carbocycles. The molecule has 2 N–H and O–H groups in total. The Labute approximate surface area is 120 Å². The van der Waals surface area contributed by atoms with Crippen LogP contribution in [0.5, 0.6) is 5.75 Å². The molecule has 1 rings (SSSR count). The lowest BCUT2D eigenvalue weighted by atomic mass is 10.0. The van der Waals surface area contributed by atoms with Crippen molar-refractivity contribution in [2.24, 2.45) is 5.92 Å². The minimum atomic E-state index is -3.04. The number of amides is 1. The van der Waals surface area contributed by atoms with Crippen molar-refractivity contribution in [2.75, 3.05) is 6.54 Å². The van der Waals surface area contributed by atoms with Crippen LogP contribution < -0.4 is 10.1 Å². The third-order valence-corrected chi connectivity index (χ3v) is 2.84. The molecule has 1 amide bonds. The van der Waals surface area contributed by atoms with Gasteiger partial charge >= 0.3 is 12.6 Å². The fourth-order valence-electron chi connectivity index (χ4n) is 1.83. The zero-order valence-electron chi connectivity index (χ0n) is 11.5. The van der Waals surface area contributed by atoms with Gasteiger partial charge in [-0.1, -0.05) is 25.5 Å². The molecule has 0 fully saturated rings. The second kappa shape index (κ2) is 8.18. The van der Waals surface area contributed by atoms with E-state index in [1.807, 2.05) is 6.92 Å². The summed E-state index contributed by atoms with van der Waals surface area (Å²) in [7, 11) is 0. The van der Waals surface area contributed by atoms with E-state index in [9.17, 15) is 18.4 Å². The number of carbonyl (C=O) groups excluding carboxylic acids is 1.